The van der Waals surface area contributed by atoms with Crippen LogP contribution < -0.4 is 5.32 Å². The lowest BCUT2D eigenvalue weighted by Gasteiger charge is -2.26. The molecule has 0 aliphatic carbocycles. The highest BCUT2D eigenvalue weighted by molar-refractivity contribution is 7.91. The smallest absolute Gasteiger partial charge is 0.329 e. The SMILES string of the molecule is CCCC[C@H](NC(=O)[C@H](Cc1cccc2ccccc12)CS(=O)(=O)c1ncccn1)C(=O)OC(C)(C)C. The molecule has 2 aromatic carbocycles. The number of unbranched alkanes of at least 4 members (excludes halogenated alkanes) is 1. The second-order valence-electron chi connectivity index (χ2n) is 10.1. The van der Waals surface area contributed by atoms with Gasteiger partial charge < -0.3 is 10.1 Å². The van der Waals surface area contributed by atoms with Gasteiger partial charge in [-0.3, -0.25) is 4.79 Å². The Morgan fingerprint density at radius 3 is 2.35 bits per heavy atom. The molecule has 1 N–H and O–H groups in total. The Morgan fingerprint density at radius 1 is 1.00 bits per heavy atom. The largest absolute Gasteiger partial charge is 0.458 e. The van der Waals surface area contributed by atoms with Crippen molar-refractivity contribution < 1.29 is 22.7 Å². The van der Waals surface area contributed by atoms with E-state index in [0.29, 0.717) is 12.8 Å². The van der Waals surface area contributed by atoms with Gasteiger partial charge in [0.15, 0.2) is 0 Å². The van der Waals surface area contributed by atoms with Crippen molar-refractivity contribution in [3.8, 4) is 0 Å². The van der Waals surface area contributed by atoms with Gasteiger partial charge in [0.25, 0.3) is 0 Å². The first kappa shape index (κ1) is 28.2. The summed E-state index contributed by atoms with van der Waals surface area (Å²) in [4.78, 5) is 34.3. The van der Waals surface area contributed by atoms with Crippen molar-refractivity contribution in [2.75, 3.05) is 5.75 Å². The zero-order valence-corrected chi connectivity index (χ0v) is 22.6. The normalized spacial score (nSPS) is 13.6. The van der Waals surface area contributed by atoms with Gasteiger partial charge in [0.05, 0.1) is 11.7 Å². The Morgan fingerprint density at radius 2 is 1.68 bits per heavy atom. The third-order valence-electron chi connectivity index (χ3n) is 5.81. The molecule has 0 fully saturated rings. The highest BCUT2D eigenvalue weighted by Gasteiger charge is 2.33. The van der Waals surface area contributed by atoms with E-state index in [4.69, 9.17) is 4.74 Å². The number of aromatic nitrogens is 2. The van der Waals surface area contributed by atoms with Crippen molar-refractivity contribution in [2.45, 2.75) is 70.2 Å². The maximum absolute atomic E-state index is 13.6. The average molecular weight is 526 g/mol. The van der Waals surface area contributed by atoms with E-state index >= 15 is 0 Å². The average Bonchev–Trinajstić information content (AvgIpc) is 2.85. The van der Waals surface area contributed by atoms with Crippen molar-refractivity contribution in [1.82, 2.24) is 15.3 Å². The fourth-order valence-corrected chi connectivity index (χ4v) is 5.46. The Kier molecular flexibility index (Phi) is 9.37. The minimum Gasteiger partial charge on any atom is -0.458 e. The second-order valence-corrected chi connectivity index (χ2v) is 12.0. The fourth-order valence-electron chi connectivity index (χ4n) is 4.07. The first-order chi connectivity index (χ1) is 17.5. The van der Waals surface area contributed by atoms with Crippen LogP contribution >= 0.6 is 0 Å². The third-order valence-corrected chi connectivity index (χ3v) is 7.42. The lowest BCUT2D eigenvalue weighted by Crippen LogP contribution is -2.47. The molecule has 0 saturated heterocycles. The first-order valence-corrected chi connectivity index (χ1v) is 14.1. The monoisotopic (exact) mass is 525 g/mol. The van der Waals surface area contributed by atoms with Crippen molar-refractivity contribution in [3.05, 3.63) is 66.5 Å². The van der Waals surface area contributed by atoms with Gasteiger partial charge in [0.2, 0.25) is 20.9 Å². The predicted molar refractivity (Wildman–Crippen MR) is 143 cm³/mol. The van der Waals surface area contributed by atoms with E-state index in [1.807, 2.05) is 49.4 Å². The van der Waals surface area contributed by atoms with Gasteiger partial charge in [0.1, 0.15) is 11.6 Å². The summed E-state index contributed by atoms with van der Waals surface area (Å²) in [7, 11) is -3.98. The number of benzene rings is 2. The number of hydrogen-bond donors (Lipinski definition) is 1. The fraction of sp³-hybridized carbons (Fsp3) is 0.429. The van der Waals surface area contributed by atoms with E-state index in [1.54, 1.807) is 20.8 Å². The molecule has 1 heterocycles. The molecule has 8 nitrogen and oxygen atoms in total. The molecule has 3 aromatic rings. The highest BCUT2D eigenvalue weighted by Crippen LogP contribution is 2.23. The molecule has 1 aromatic heterocycles. The number of amides is 1. The minimum atomic E-state index is -3.98. The Bertz CT molecular complexity index is 1320. The summed E-state index contributed by atoms with van der Waals surface area (Å²) in [6, 6.07) is 14.1. The van der Waals surface area contributed by atoms with Gasteiger partial charge in [-0.05, 0) is 56.0 Å². The number of rotatable bonds is 11. The van der Waals surface area contributed by atoms with Crippen LogP contribution in [0.25, 0.3) is 10.8 Å². The number of fused-ring (bicyclic) bond motifs is 1. The lowest BCUT2D eigenvalue weighted by atomic mass is 9.95. The molecular weight excluding hydrogens is 490 g/mol. The predicted octanol–water partition coefficient (Wildman–Crippen LogP) is 4.28. The summed E-state index contributed by atoms with van der Waals surface area (Å²) in [6.07, 6.45) is 4.79. The van der Waals surface area contributed by atoms with Crippen molar-refractivity contribution in [2.24, 2.45) is 5.92 Å². The van der Waals surface area contributed by atoms with E-state index in [-0.39, 0.29) is 11.6 Å². The molecule has 3 rings (SSSR count). The van der Waals surface area contributed by atoms with Crippen LogP contribution in [0.2, 0.25) is 0 Å². The maximum Gasteiger partial charge on any atom is 0.329 e. The molecule has 0 spiro atoms. The van der Waals surface area contributed by atoms with Gasteiger partial charge >= 0.3 is 5.97 Å². The molecule has 0 saturated carbocycles. The number of carbonyl (C=O) groups excluding carboxylic acids is 2. The number of nitrogens with one attached hydrogen (secondary N) is 1. The zero-order chi connectivity index (χ0) is 27.1. The van der Waals surface area contributed by atoms with E-state index in [9.17, 15) is 18.0 Å². The van der Waals surface area contributed by atoms with Crippen molar-refractivity contribution in [3.63, 3.8) is 0 Å². The first-order valence-electron chi connectivity index (χ1n) is 12.5. The molecule has 198 valence electrons. The van der Waals surface area contributed by atoms with Crippen molar-refractivity contribution in [1.29, 1.82) is 0 Å². The van der Waals surface area contributed by atoms with Gasteiger partial charge in [-0.15, -0.1) is 0 Å². The lowest BCUT2D eigenvalue weighted by molar-refractivity contribution is -0.159. The topological polar surface area (TPSA) is 115 Å². The highest BCUT2D eigenvalue weighted by atomic mass is 32.2. The summed E-state index contributed by atoms with van der Waals surface area (Å²) in [6.45, 7) is 7.28. The van der Waals surface area contributed by atoms with Crippen LogP contribution in [0, 0.1) is 5.92 Å². The molecule has 0 bridgehead atoms. The summed E-state index contributed by atoms with van der Waals surface area (Å²) >= 11 is 0. The standard InChI is InChI=1S/C28H35N3O5S/c1-5-6-15-24(26(33)36-28(2,3)4)31-25(32)22(19-37(34,35)27-29-16-10-17-30-27)18-21-13-9-12-20-11-7-8-14-23(20)21/h7-14,16-17,22,24H,5-6,15,18-19H2,1-4H3,(H,31,32)/t22-,24+/m1/s1. The van der Waals surface area contributed by atoms with Crippen LogP contribution in [0.4, 0.5) is 0 Å². The summed E-state index contributed by atoms with van der Waals surface area (Å²) in [5.41, 5.74) is 0.118. The van der Waals surface area contributed by atoms with Crippen LogP contribution in [0.5, 0.6) is 0 Å². The van der Waals surface area contributed by atoms with Crippen LogP contribution in [-0.4, -0.2) is 47.7 Å². The zero-order valence-electron chi connectivity index (χ0n) is 21.8. The molecule has 0 aliphatic heterocycles. The van der Waals surface area contributed by atoms with E-state index < -0.39 is 45.0 Å². The Labute approximate surface area is 218 Å². The van der Waals surface area contributed by atoms with Crippen LogP contribution in [0.3, 0.4) is 0 Å². The quantitative estimate of drug-likeness (QED) is 0.293. The van der Waals surface area contributed by atoms with Crippen molar-refractivity contribution >= 4 is 32.5 Å². The van der Waals surface area contributed by atoms with Crippen LogP contribution in [-0.2, 0) is 30.6 Å². The molecule has 0 radical (unpaired) electrons. The number of esters is 1. The van der Waals surface area contributed by atoms with E-state index in [0.717, 1.165) is 22.8 Å². The molecule has 9 heteroatoms. The number of ether oxygens (including phenoxy) is 1. The summed E-state index contributed by atoms with van der Waals surface area (Å²) < 4.78 is 31.9. The summed E-state index contributed by atoms with van der Waals surface area (Å²) in [5, 5.41) is 4.39. The number of hydrogen-bond acceptors (Lipinski definition) is 7. The molecule has 2 atom stereocenters. The molecule has 1 amide bonds. The van der Waals surface area contributed by atoms with Gasteiger partial charge in [-0.1, -0.05) is 62.2 Å². The maximum atomic E-state index is 13.6. The van der Waals surface area contributed by atoms with Gasteiger partial charge in [0, 0.05) is 12.4 Å². The number of sulfone groups is 1. The molecule has 0 unspecified atom stereocenters. The second kappa shape index (κ2) is 12.3. The third kappa shape index (κ3) is 8.08. The molecule has 0 aliphatic rings. The number of carbonyl (C=O) groups is 2. The van der Waals surface area contributed by atoms with Crippen LogP contribution in [0.1, 0.15) is 52.5 Å². The molecular formula is C28H35N3O5S. The van der Waals surface area contributed by atoms with Gasteiger partial charge in [-0.2, -0.15) is 0 Å². The van der Waals surface area contributed by atoms with Gasteiger partial charge in [-0.25, -0.2) is 23.2 Å². The van der Waals surface area contributed by atoms with Crippen LogP contribution in [0.15, 0.2) is 66.1 Å². The Balaban J connectivity index is 1.94. The van der Waals surface area contributed by atoms with E-state index in [1.165, 1.54) is 18.5 Å². The summed E-state index contributed by atoms with van der Waals surface area (Å²) in [5.74, 6) is -2.54. The number of nitrogens with zero attached hydrogens (tertiary/aromatic N) is 2. The molecule has 37 heavy (non-hydrogen) atoms. The van der Waals surface area contributed by atoms with E-state index in [2.05, 4.69) is 15.3 Å². The minimum absolute atomic E-state index is 0.161. The Hall–Kier alpha value is -3.33.